The van der Waals surface area contributed by atoms with Crippen molar-refractivity contribution in [3.63, 3.8) is 0 Å². The summed E-state index contributed by atoms with van der Waals surface area (Å²) < 4.78 is 13.0. The molecule has 1 unspecified atom stereocenters. The molecule has 2 aromatic carbocycles. The summed E-state index contributed by atoms with van der Waals surface area (Å²) in [4.78, 5) is 0.786. The molecule has 1 N–H and O–H groups in total. The van der Waals surface area contributed by atoms with Crippen molar-refractivity contribution >= 4 is 35.0 Å². The minimum Gasteiger partial charge on any atom is -0.392 e. The van der Waals surface area contributed by atoms with Gasteiger partial charge in [0, 0.05) is 27.1 Å². The van der Waals surface area contributed by atoms with Crippen LogP contribution in [0.4, 0.5) is 4.39 Å². The summed E-state index contributed by atoms with van der Waals surface area (Å²) in [7, 11) is 0. The molecule has 1 atom stereocenters. The molecule has 0 aromatic heterocycles. The average Bonchev–Trinajstić information content (AvgIpc) is 2.41. The van der Waals surface area contributed by atoms with E-state index in [9.17, 15) is 9.50 Å². The molecule has 0 fully saturated rings. The Hall–Kier alpha value is -0.740. The molecule has 0 saturated heterocycles. The fourth-order valence-corrected chi connectivity index (χ4v) is 3.20. The number of hydrogen-bond donors (Lipinski definition) is 1. The van der Waals surface area contributed by atoms with Crippen LogP contribution in [0.2, 0.25) is 10.0 Å². The van der Waals surface area contributed by atoms with E-state index >= 15 is 0 Å². The predicted octanol–water partition coefficient (Wildman–Crippen LogP) is 4.83. The zero-order valence-electron chi connectivity index (χ0n) is 10.5. The van der Waals surface area contributed by atoms with Crippen molar-refractivity contribution < 1.29 is 9.50 Å². The Labute approximate surface area is 131 Å². The van der Waals surface area contributed by atoms with Gasteiger partial charge in [-0.25, -0.2) is 4.39 Å². The van der Waals surface area contributed by atoms with E-state index in [0.29, 0.717) is 22.2 Å². The summed E-state index contributed by atoms with van der Waals surface area (Å²) in [6.07, 6.45) is -0.221. The number of hydrogen-bond acceptors (Lipinski definition) is 2. The van der Waals surface area contributed by atoms with Crippen molar-refractivity contribution in [2.24, 2.45) is 0 Å². The maximum atomic E-state index is 13.0. The summed E-state index contributed by atoms with van der Waals surface area (Å²) >= 11 is 13.5. The van der Waals surface area contributed by atoms with E-state index in [2.05, 4.69) is 0 Å². The summed E-state index contributed by atoms with van der Waals surface area (Å²) in [6.45, 7) is 0. The normalized spacial score (nSPS) is 12.4. The fourth-order valence-electron chi connectivity index (χ4n) is 1.77. The van der Waals surface area contributed by atoms with Gasteiger partial charge in [-0.15, -0.1) is 11.8 Å². The molecule has 0 aliphatic carbocycles. The monoisotopic (exact) mass is 330 g/mol. The van der Waals surface area contributed by atoms with Crippen LogP contribution in [0.1, 0.15) is 5.56 Å². The van der Waals surface area contributed by atoms with Crippen molar-refractivity contribution in [3.05, 3.63) is 63.9 Å². The van der Waals surface area contributed by atoms with E-state index in [4.69, 9.17) is 23.2 Å². The van der Waals surface area contributed by atoms with Crippen molar-refractivity contribution in [3.8, 4) is 0 Å². The molecule has 106 valence electrons. The van der Waals surface area contributed by atoms with Gasteiger partial charge in [0.15, 0.2) is 0 Å². The third kappa shape index (κ3) is 4.38. The largest absolute Gasteiger partial charge is 0.392 e. The predicted molar refractivity (Wildman–Crippen MR) is 83.3 cm³/mol. The highest BCUT2D eigenvalue weighted by Gasteiger charge is 2.12. The zero-order valence-corrected chi connectivity index (χ0v) is 12.9. The molecule has 0 aliphatic heterocycles. The lowest BCUT2D eigenvalue weighted by molar-refractivity contribution is 0.200. The third-order valence-corrected chi connectivity index (χ3v) is 4.59. The molecule has 2 aromatic rings. The molecular weight excluding hydrogens is 318 g/mol. The van der Waals surface area contributed by atoms with E-state index < -0.39 is 6.10 Å². The van der Waals surface area contributed by atoms with Crippen molar-refractivity contribution in [1.29, 1.82) is 0 Å². The number of thioether (sulfide) groups is 1. The summed E-state index contributed by atoms with van der Waals surface area (Å²) in [5.74, 6) is 0.170. The lowest BCUT2D eigenvalue weighted by atomic mass is 10.1. The molecule has 0 saturated carbocycles. The van der Waals surface area contributed by atoms with E-state index in [1.54, 1.807) is 24.3 Å². The number of rotatable bonds is 5. The molecule has 20 heavy (non-hydrogen) atoms. The average molecular weight is 331 g/mol. The lowest BCUT2D eigenvalue weighted by Crippen LogP contribution is -2.14. The van der Waals surface area contributed by atoms with Crippen molar-refractivity contribution in [1.82, 2.24) is 0 Å². The first-order valence-corrected chi connectivity index (χ1v) is 7.79. The summed E-state index contributed by atoms with van der Waals surface area (Å²) in [5, 5.41) is 11.1. The molecule has 5 heteroatoms. The Kier molecular flexibility index (Phi) is 5.73. The topological polar surface area (TPSA) is 20.2 Å². The molecule has 0 aliphatic rings. The molecule has 0 spiro atoms. The van der Waals surface area contributed by atoms with E-state index in [0.717, 1.165) is 10.5 Å². The third-order valence-electron chi connectivity index (χ3n) is 2.74. The molecule has 0 amide bonds. The molecular formula is C15H13Cl2FOS. The van der Waals surface area contributed by atoms with Gasteiger partial charge >= 0.3 is 0 Å². The number of halogens is 3. The van der Waals surface area contributed by atoms with Crippen LogP contribution in [0, 0.1) is 5.82 Å². The van der Waals surface area contributed by atoms with Crippen LogP contribution in [-0.4, -0.2) is 17.0 Å². The SMILES string of the molecule is OC(CSc1cccc(F)c1)Cc1c(Cl)cccc1Cl. The van der Waals surface area contributed by atoms with Gasteiger partial charge in [-0.3, -0.25) is 0 Å². The first-order valence-electron chi connectivity index (χ1n) is 6.05. The number of aliphatic hydroxyl groups excluding tert-OH is 1. The van der Waals surface area contributed by atoms with Gasteiger partial charge in [0.1, 0.15) is 5.82 Å². The van der Waals surface area contributed by atoms with E-state index in [-0.39, 0.29) is 5.82 Å². The Bertz CT molecular complexity index is 572. The lowest BCUT2D eigenvalue weighted by Gasteiger charge is -2.13. The molecule has 2 rings (SSSR count). The Balaban J connectivity index is 1.94. The van der Waals surface area contributed by atoms with Crippen LogP contribution in [0.25, 0.3) is 0 Å². The van der Waals surface area contributed by atoms with Gasteiger partial charge < -0.3 is 5.11 Å². The smallest absolute Gasteiger partial charge is 0.124 e. The quantitative estimate of drug-likeness (QED) is 0.792. The first-order chi connectivity index (χ1) is 9.56. The van der Waals surface area contributed by atoms with Gasteiger partial charge in [0.05, 0.1) is 6.10 Å². The second kappa shape index (κ2) is 7.32. The highest BCUT2D eigenvalue weighted by Crippen LogP contribution is 2.27. The summed E-state index contributed by atoms with van der Waals surface area (Å²) in [6, 6.07) is 11.5. The van der Waals surface area contributed by atoms with Gasteiger partial charge in [0.2, 0.25) is 0 Å². The molecule has 1 nitrogen and oxygen atoms in total. The van der Waals surface area contributed by atoms with Gasteiger partial charge in [-0.1, -0.05) is 35.3 Å². The first kappa shape index (κ1) is 15.6. The van der Waals surface area contributed by atoms with Crippen LogP contribution >= 0.6 is 35.0 Å². The van der Waals surface area contributed by atoms with E-state index in [1.807, 2.05) is 6.07 Å². The van der Waals surface area contributed by atoms with Crippen molar-refractivity contribution in [2.75, 3.05) is 5.75 Å². The standard InChI is InChI=1S/C15H13Cl2FOS/c16-14-5-2-6-15(17)13(14)8-11(19)9-20-12-4-1-3-10(18)7-12/h1-7,11,19H,8-9H2. The minimum atomic E-state index is -0.597. The number of benzene rings is 2. The minimum absolute atomic E-state index is 0.279. The highest BCUT2D eigenvalue weighted by molar-refractivity contribution is 7.99. The van der Waals surface area contributed by atoms with Crippen molar-refractivity contribution in [2.45, 2.75) is 17.4 Å². The van der Waals surface area contributed by atoms with Crippen LogP contribution in [-0.2, 0) is 6.42 Å². The van der Waals surface area contributed by atoms with Gasteiger partial charge in [-0.2, -0.15) is 0 Å². The van der Waals surface area contributed by atoms with Crippen LogP contribution in [0.5, 0.6) is 0 Å². The Morgan fingerprint density at radius 2 is 1.75 bits per heavy atom. The number of aliphatic hydroxyl groups is 1. The molecule has 0 radical (unpaired) electrons. The second-order valence-corrected chi connectivity index (χ2v) is 6.23. The summed E-state index contributed by atoms with van der Waals surface area (Å²) in [5.41, 5.74) is 0.739. The maximum absolute atomic E-state index is 13.0. The van der Waals surface area contributed by atoms with Gasteiger partial charge in [-0.05, 0) is 35.9 Å². The van der Waals surface area contributed by atoms with Crippen LogP contribution in [0.15, 0.2) is 47.4 Å². The van der Waals surface area contributed by atoms with Crippen LogP contribution < -0.4 is 0 Å². The van der Waals surface area contributed by atoms with Gasteiger partial charge in [0.25, 0.3) is 0 Å². The Morgan fingerprint density at radius 3 is 2.40 bits per heavy atom. The molecule has 0 bridgehead atoms. The maximum Gasteiger partial charge on any atom is 0.124 e. The Morgan fingerprint density at radius 1 is 1.10 bits per heavy atom. The highest BCUT2D eigenvalue weighted by atomic mass is 35.5. The second-order valence-electron chi connectivity index (χ2n) is 4.33. The zero-order chi connectivity index (χ0) is 14.5. The fraction of sp³-hybridized carbons (Fsp3) is 0.200. The molecule has 0 heterocycles. The van der Waals surface area contributed by atoms with E-state index in [1.165, 1.54) is 23.9 Å². The van der Waals surface area contributed by atoms with Crippen LogP contribution in [0.3, 0.4) is 0 Å².